The summed E-state index contributed by atoms with van der Waals surface area (Å²) >= 11 is 0. The number of Topliss-reactive ketones (excluding diaryl/α,β-unsaturated/α-hetero) is 1. The first kappa shape index (κ1) is 16.9. The Labute approximate surface area is 144 Å². The molecule has 1 aromatic carbocycles. The van der Waals surface area contributed by atoms with Gasteiger partial charge in [-0.3, -0.25) is 9.59 Å². The Bertz CT molecular complexity index is 717. The summed E-state index contributed by atoms with van der Waals surface area (Å²) in [6, 6.07) is 8.42. The fraction of sp³-hybridized carbons (Fsp3) is 0.524. The van der Waals surface area contributed by atoms with Crippen LogP contribution in [0.3, 0.4) is 0 Å². The van der Waals surface area contributed by atoms with Crippen LogP contribution in [0.15, 0.2) is 35.5 Å². The summed E-state index contributed by atoms with van der Waals surface area (Å²) in [4.78, 5) is 24.9. The molecule has 1 aliphatic carbocycles. The molecule has 128 valence electrons. The molecule has 0 unspecified atom stereocenters. The van der Waals surface area contributed by atoms with Crippen LogP contribution in [0, 0.1) is 5.41 Å². The number of rotatable bonds is 1. The normalized spacial score (nSPS) is 23.8. The van der Waals surface area contributed by atoms with Crippen molar-refractivity contribution in [2.75, 3.05) is 0 Å². The van der Waals surface area contributed by atoms with E-state index in [4.69, 9.17) is 0 Å². The minimum absolute atomic E-state index is 0.0177. The van der Waals surface area contributed by atoms with Gasteiger partial charge >= 0.3 is 0 Å². The van der Waals surface area contributed by atoms with E-state index in [9.17, 15) is 9.59 Å². The van der Waals surface area contributed by atoms with Gasteiger partial charge in [-0.2, -0.15) is 0 Å². The van der Waals surface area contributed by atoms with Crippen LogP contribution in [-0.2, 0) is 15.0 Å². The van der Waals surface area contributed by atoms with Crippen LogP contribution < -0.4 is 5.32 Å². The van der Waals surface area contributed by atoms with E-state index >= 15 is 0 Å². The van der Waals surface area contributed by atoms with Gasteiger partial charge in [0.05, 0.1) is 0 Å². The van der Waals surface area contributed by atoms with Crippen LogP contribution in [0.2, 0.25) is 0 Å². The van der Waals surface area contributed by atoms with Gasteiger partial charge in [-0.1, -0.05) is 58.9 Å². The molecule has 0 saturated carbocycles. The van der Waals surface area contributed by atoms with Crippen molar-refractivity contribution in [3.63, 3.8) is 0 Å². The third-order valence-electron chi connectivity index (χ3n) is 5.13. The number of nitrogens with one attached hydrogen (secondary N) is 1. The molecular weight excluding hydrogens is 298 g/mol. The van der Waals surface area contributed by atoms with Gasteiger partial charge in [-0.05, 0) is 28.4 Å². The number of hydrogen-bond acceptors (Lipinski definition) is 2. The highest BCUT2D eigenvalue weighted by Gasteiger charge is 2.40. The van der Waals surface area contributed by atoms with E-state index in [2.05, 4.69) is 64.2 Å². The summed E-state index contributed by atoms with van der Waals surface area (Å²) in [6.45, 7) is 10.7. The summed E-state index contributed by atoms with van der Waals surface area (Å²) in [5, 5.41) is 2.96. The number of carbonyl (C=O) groups is 2. The predicted octanol–water partition coefficient (Wildman–Crippen LogP) is 4.23. The SMILES string of the molecule is CC1(C)CC(=O)C2=C(C1)NC(=O)C[C@H]2c1ccc(C(C)(C)C)cc1. The van der Waals surface area contributed by atoms with E-state index in [-0.39, 0.29) is 28.4 Å². The largest absolute Gasteiger partial charge is 0.329 e. The van der Waals surface area contributed by atoms with Crippen LogP contribution in [-0.4, -0.2) is 11.7 Å². The third-order valence-corrected chi connectivity index (χ3v) is 5.13. The number of hydrogen-bond donors (Lipinski definition) is 1. The van der Waals surface area contributed by atoms with E-state index in [0.717, 1.165) is 23.3 Å². The molecule has 2 aliphatic rings. The van der Waals surface area contributed by atoms with Crippen molar-refractivity contribution in [3.8, 4) is 0 Å². The number of benzene rings is 1. The molecule has 3 rings (SSSR count). The van der Waals surface area contributed by atoms with Gasteiger partial charge < -0.3 is 5.32 Å². The first-order valence-corrected chi connectivity index (χ1v) is 8.73. The summed E-state index contributed by atoms with van der Waals surface area (Å²) in [6.07, 6.45) is 1.68. The number of ketones is 1. The summed E-state index contributed by atoms with van der Waals surface area (Å²) in [5.74, 6) is 0.0988. The highest BCUT2D eigenvalue weighted by molar-refractivity contribution is 6.02. The van der Waals surface area contributed by atoms with Crippen molar-refractivity contribution in [1.82, 2.24) is 5.32 Å². The topological polar surface area (TPSA) is 46.2 Å². The van der Waals surface area contributed by atoms with Gasteiger partial charge in [-0.15, -0.1) is 0 Å². The lowest BCUT2D eigenvalue weighted by Crippen LogP contribution is -2.40. The van der Waals surface area contributed by atoms with Crippen LogP contribution in [0.4, 0.5) is 0 Å². The van der Waals surface area contributed by atoms with Crippen molar-refractivity contribution in [2.24, 2.45) is 5.41 Å². The maximum absolute atomic E-state index is 12.8. The summed E-state index contributed by atoms with van der Waals surface area (Å²) in [5.41, 5.74) is 4.02. The van der Waals surface area contributed by atoms with E-state index in [1.54, 1.807) is 0 Å². The standard InChI is InChI=1S/C21H27NO2/c1-20(2,3)14-8-6-13(7-9-14)15-10-18(24)22-16-11-21(4,5)12-17(23)19(15)16/h6-9,15H,10-12H2,1-5H3,(H,22,24)/t15-/m0/s1. The summed E-state index contributed by atoms with van der Waals surface area (Å²) in [7, 11) is 0. The van der Waals surface area contributed by atoms with Gasteiger partial charge in [0.2, 0.25) is 5.91 Å². The predicted molar refractivity (Wildman–Crippen MR) is 95.7 cm³/mol. The molecule has 1 N–H and O–H groups in total. The van der Waals surface area contributed by atoms with Gasteiger partial charge in [0.1, 0.15) is 0 Å². The minimum atomic E-state index is -0.105. The number of amides is 1. The van der Waals surface area contributed by atoms with Crippen molar-refractivity contribution in [3.05, 3.63) is 46.7 Å². The second-order valence-corrected chi connectivity index (χ2v) is 9.01. The first-order chi connectivity index (χ1) is 11.1. The molecule has 3 nitrogen and oxygen atoms in total. The Balaban J connectivity index is 2.00. The van der Waals surface area contributed by atoms with E-state index in [1.165, 1.54) is 5.56 Å². The minimum Gasteiger partial charge on any atom is -0.329 e. The maximum Gasteiger partial charge on any atom is 0.225 e. The molecule has 1 aromatic rings. The molecule has 0 spiro atoms. The quantitative estimate of drug-likeness (QED) is 0.840. The van der Waals surface area contributed by atoms with Crippen LogP contribution in [0.25, 0.3) is 0 Å². The molecule has 1 aliphatic heterocycles. The maximum atomic E-state index is 12.8. The molecule has 1 amide bonds. The van der Waals surface area contributed by atoms with Crippen LogP contribution in [0.1, 0.15) is 70.9 Å². The van der Waals surface area contributed by atoms with Crippen LogP contribution >= 0.6 is 0 Å². The van der Waals surface area contributed by atoms with E-state index in [1.807, 2.05) is 0 Å². The zero-order valence-corrected chi connectivity index (χ0v) is 15.3. The Morgan fingerprint density at radius 1 is 1.04 bits per heavy atom. The number of allylic oxidation sites excluding steroid dienone is 2. The molecule has 1 atom stereocenters. The van der Waals surface area contributed by atoms with Crippen molar-refractivity contribution in [2.45, 2.75) is 65.2 Å². The fourth-order valence-electron chi connectivity index (χ4n) is 3.86. The van der Waals surface area contributed by atoms with Gasteiger partial charge in [0.25, 0.3) is 0 Å². The zero-order chi connectivity index (χ0) is 17.7. The Morgan fingerprint density at radius 2 is 1.67 bits per heavy atom. The highest BCUT2D eigenvalue weighted by atomic mass is 16.2. The zero-order valence-electron chi connectivity index (χ0n) is 15.3. The average Bonchev–Trinajstić information content (AvgIpc) is 2.43. The smallest absolute Gasteiger partial charge is 0.225 e. The molecule has 0 radical (unpaired) electrons. The lowest BCUT2D eigenvalue weighted by molar-refractivity contribution is -0.122. The molecule has 0 saturated heterocycles. The molecule has 0 fully saturated rings. The molecular formula is C21H27NO2. The molecule has 3 heteroatoms. The second kappa shape index (κ2) is 5.58. The Hall–Kier alpha value is -1.90. The molecule has 24 heavy (non-hydrogen) atoms. The lowest BCUT2D eigenvalue weighted by atomic mass is 9.69. The van der Waals surface area contributed by atoms with Crippen LogP contribution in [0.5, 0.6) is 0 Å². The third kappa shape index (κ3) is 3.17. The van der Waals surface area contributed by atoms with Crippen molar-refractivity contribution < 1.29 is 9.59 Å². The second-order valence-electron chi connectivity index (χ2n) is 9.01. The Morgan fingerprint density at radius 3 is 2.25 bits per heavy atom. The van der Waals surface area contributed by atoms with Crippen molar-refractivity contribution in [1.29, 1.82) is 0 Å². The average molecular weight is 325 g/mol. The molecule has 1 heterocycles. The van der Waals surface area contributed by atoms with Gasteiger partial charge in [0, 0.05) is 30.0 Å². The van der Waals surface area contributed by atoms with Crippen molar-refractivity contribution >= 4 is 11.7 Å². The lowest BCUT2D eigenvalue weighted by Gasteiger charge is -2.38. The molecule has 0 bridgehead atoms. The first-order valence-electron chi connectivity index (χ1n) is 8.73. The van der Waals surface area contributed by atoms with Gasteiger partial charge in [-0.25, -0.2) is 0 Å². The fourth-order valence-corrected chi connectivity index (χ4v) is 3.86. The van der Waals surface area contributed by atoms with Gasteiger partial charge in [0.15, 0.2) is 5.78 Å². The monoisotopic (exact) mass is 325 g/mol. The summed E-state index contributed by atoms with van der Waals surface area (Å²) < 4.78 is 0. The number of carbonyl (C=O) groups excluding carboxylic acids is 2. The molecule has 0 aromatic heterocycles. The van der Waals surface area contributed by atoms with E-state index < -0.39 is 0 Å². The Kier molecular flexibility index (Phi) is 3.94. The van der Waals surface area contributed by atoms with E-state index in [0.29, 0.717) is 12.8 Å². The highest BCUT2D eigenvalue weighted by Crippen LogP contribution is 2.44.